The van der Waals surface area contributed by atoms with E-state index in [-0.39, 0.29) is 0 Å². The molecule has 6 nitrogen and oxygen atoms in total. The zero-order valence-corrected chi connectivity index (χ0v) is 13.8. The molecule has 0 aliphatic carbocycles. The second-order valence-electron chi connectivity index (χ2n) is 6.48. The summed E-state index contributed by atoms with van der Waals surface area (Å²) in [7, 11) is 2.17. The summed E-state index contributed by atoms with van der Waals surface area (Å²) in [6.45, 7) is 2.25. The Morgan fingerprint density at radius 3 is 2.58 bits per heavy atom. The molecule has 2 aromatic heterocycles. The summed E-state index contributed by atoms with van der Waals surface area (Å²) in [5.41, 5.74) is 9.40. The van der Waals surface area contributed by atoms with E-state index < -0.39 is 0 Å². The van der Waals surface area contributed by atoms with Crippen molar-refractivity contribution in [2.75, 3.05) is 31.2 Å². The van der Waals surface area contributed by atoms with Crippen molar-refractivity contribution < 1.29 is 0 Å². The van der Waals surface area contributed by atoms with Gasteiger partial charge in [0.2, 0.25) is 0 Å². The first kappa shape index (κ1) is 15.0. The van der Waals surface area contributed by atoms with E-state index in [0.717, 1.165) is 54.3 Å². The lowest BCUT2D eigenvalue weighted by Crippen LogP contribution is -2.36. The van der Waals surface area contributed by atoms with E-state index in [0.29, 0.717) is 6.04 Å². The quantitative estimate of drug-likeness (QED) is 0.725. The second kappa shape index (κ2) is 6.13. The molecule has 1 aliphatic heterocycles. The number of hydrogen-bond donors (Lipinski definition) is 2. The van der Waals surface area contributed by atoms with Gasteiger partial charge in [-0.3, -0.25) is 0 Å². The minimum Gasteiger partial charge on any atom is -0.399 e. The van der Waals surface area contributed by atoms with Crippen molar-refractivity contribution in [1.82, 2.24) is 19.5 Å². The largest absolute Gasteiger partial charge is 0.399 e. The third-order valence-corrected chi connectivity index (χ3v) is 4.64. The topological polar surface area (TPSA) is 71.5 Å². The van der Waals surface area contributed by atoms with E-state index in [1.807, 2.05) is 47.1 Å². The number of anilines is 2. The fourth-order valence-corrected chi connectivity index (χ4v) is 3.16. The number of benzene rings is 1. The Kier molecular flexibility index (Phi) is 3.82. The summed E-state index contributed by atoms with van der Waals surface area (Å²) in [6.07, 6.45) is 4.14. The van der Waals surface area contributed by atoms with Crippen LogP contribution in [0, 0.1) is 0 Å². The second-order valence-corrected chi connectivity index (χ2v) is 6.48. The maximum atomic E-state index is 5.78. The van der Waals surface area contributed by atoms with Crippen LogP contribution in [-0.2, 0) is 0 Å². The highest BCUT2D eigenvalue weighted by molar-refractivity contribution is 5.65. The van der Waals surface area contributed by atoms with Crippen LogP contribution in [0.5, 0.6) is 0 Å². The van der Waals surface area contributed by atoms with Crippen LogP contribution in [0.15, 0.2) is 42.6 Å². The molecule has 0 bridgehead atoms. The predicted octanol–water partition coefficient (Wildman–Crippen LogP) is 2.48. The van der Waals surface area contributed by atoms with E-state index in [9.17, 15) is 0 Å². The minimum absolute atomic E-state index is 0.481. The monoisotopic (exact) mass is 322 g/mol. The van der Waals surface area contributed by atoms with Gasteiger partial charge in [0, 0.05) is 17.3 Å². The third-order valence-electron chi connectivity index (χ3n) is 4.64. The predicted molar refractivity (Wildman–Crippen MR) is 97.0 cm³/mol. The highest BCUT2D eigenvalue weighted by Gasteiger charge is 2.17. The van der Waals surface area contributed by atoms with Gasteiger partial charge in [-0.2, -0.15) is 0 Å². The molecule has 0 unspecified atom stereocenters. The summed E-state index contributed by atoms with van der Waals surface area (Å²) in [5, 5.41) is 8.31. The van der Waals surface area contributed by atoms with Crippen LogP contribution in [0.3, 0.4) is 0 Å². The molecule has 1 fully saturated rings. The molecule has 0 radical (unpaired) electrons. The number of likely N-dealkylation sites (tertiary alicyclic amines) is 1. The fraction of sp³-hybridized carbons (Fsp3) is 0.333. The number of nitrogens with two attached hydrogens (primary N) is 1. The Bertz CT molecular complexity index is 830. The standard InChI is InChI=1S/C18H22N6/c1-23-10-8-15(9-11-23)21-17-6-7-18-20-12-16(24(18)22-17)13-2-4-14(19)5-3-13/h2-7,12,15H,8-11,19H2,1H3,(H,21,22). The van der Waals surface area contributed by atoms with E-state index in [4.69, 9.17) is 10.8 Å². The number of nitrogen functional groups attached to an aromatic ring is 1. The summed E-state index contributed by atoms with van der Waals surface area (Å²) < 4.78 is 1.89. The van der Waals surface area contributed by atoms with Crippen LogP contribution in [0.4, 0.5) is 11.5 Å². The van der Waals surface area contributed by atoms with Crippen LogP contribution in [0.25, 0.3) is 16.9 Å². The molecule has 1 aliphatic rings. The molecule has 3 aromatic rings. The molecule has 0 saturated carbocycles. The molecule has 0 spiro atoms. The smallest absolute Gasteiger partial charge is 0.154 e. The van der Waals surface area contributed by atoms with E-state index in [1.54, 1.807) is 0 Å². The van der Waals surface area contributed by atoms with Gasteiger partial charge in [-0.1, -0.05) is 12.1 Å². The van der Waals surface area contributed by atoms with E-state index in [1.165, 1.54) is 0 Å². The van der Waals surface area contributed by atoms with Crippen molar-refractivity contribution in [3.8, 4) is 11.3 Å². The molecule has 124 valence electrons. The lowest BCUT2D eigenvalue weighted by molar-refractivity contribution is 0.263. The van der Waals surface area contributed by atoms with Crippen molar-refractivity contribution in [3.05, 3.63) is 42.6 Å². The van der Waals surface area contributed by atoms with Gasteiger partial charge >= 0.3 is 0 Å². The zero-order valence-electron chi connectivity index (χ0n) is 13.8. The molecule has 1 saturated heterocycles. The van der Waals surface area contributed by atoms with Crippen LogP contribution in [-0.4, -0.2) is 45.7 Å². The van der Waals surface area contributed by atoms with Crippen molar-refractivity contribution >= 4 is 17.2 Å². The highest BCUT2D eigenvalue weighted by atomic mass is 15.3. The average molecular weight is 322 g/mol. The minimum atomic E-state index is 0.481. The van der Waals surface area contributed by atoms with Gasteiger partial charge in [0.15, 0.2) is 5.65 Å². The van der Waals surface area contributed by atoms with Gasteiger partial charge in [0.25, 0.3) is 0 Å². The number of piperidine rings is 1. The van der Waals surface area contributed by atoms with Crippen LogP contribution in [0.1, 0.15) is 12.8 Å². The number of rotatable bonds is 3. The van der Waals surface area contributed by atoms with Crippen molar-refractivity contribution in [3.63, 3.8) is 0 Å². The molecule has 3 heterocycles. The first-order chi connectivity index (χ1) is 11.7. The van der Waals surface area contributed by atoms with E-state index in [2.05, 4.69) is 22.2 Å². The molecule has 3 N–H and O–H groups in total. The number of fused-ring (bicyclic) bond motifs is 1. The Morgan fingerprint density at radius 2 is 1.83 bits per heavy atom. The molecule has 1 aromatic carbocycles. The van der Waals surface area contributed by atoms with Crippen molar-refractivity contribution in [1.29, 1.82) is 0 Å². The number of hydrogen-bond acceptors (Lipinski definition) is 5. The highest BCUT2D eigenvalue weighted by Crippen LogP contribution is 2.22. The third kappa shape index (κ3) is 2.92. The normalized spacial score (nSPS) is 16.5. The maximum Gasteiger partial charge on any atom is 0.154 e. The first-order valence-corrected chi connectivity index (χ1v) is 8.35. The number of imidazole rings is 1. The van der Waals surface area contributed by atoms with Gasteiger partial charge in [-0.05, 0) is 57.2 Å². The van der Waals surface area contributed by atoms with Gasteiger partial charge in [-0.15, -0.1) is 5.10 Å². The van der Waals surface area contributed by atoms with Crippen LogP contribution < -0.4 is 11.1 Å². The van der Waals surface area contributed by atoms with Gasteiger partial charge < -0.3 is 16.0 Å². The molecule has 24 heavy (non-hydrogen) atoms. The van der Waals surface area contributed by atoms with Gasteiger partial charge in [0.05, 0.1) is 11.9 Å². The molecular formula is C18H22N6. The lowest BCUT2D eigenvalue weighted by atomic mass is 10.1. The van der Waals surface area contributed by atoms with Crippen molar-refractivity contribution in [2.24, 2.45) is 0 Å². The zero-order chi connectivity index (χ0) is 16.5. The van der Waals surface area contributed by atoms with Crippen molar-refractivity contribution in [2.45, 2.75) is 18.9 Å². The summed E-state index contributed by atoms with van der Waals surface area (Å²) >= 11 is 0. The molecular weight excluding hydrogens is 300 g/mol. The van der Waals surface area contributed by atoms with Crippen LogP contribution >= 0.6 is 0 Å². The molecule has 6 heteroatoms. The summed E-state index contributed by atoms with van der Waals surface area (Å²) in [6, 6.07) is 12.3. The van der Waals surface area contributed by atoms with Gasteiger partial charge in [0.1, 0.15) is 5.82 Å². The number of nitrogens with one attached hydrogen (secondary N) is 1. The first-order valence-electron chi connectivity index (χ1n) is 8.35. The molecule has 0 amide bonds. The maximum absolute atomic E-state index is 5.78. The average Bonchev–Trinajstić information content (AvgIpc) is 3.01. The Morgan fingerprint density at radius 1 is 1.08 bits per heavy atom. The van der Waals surface area contributed by atoms with Gasteiger partial charge in [-0.25, -0.2) is 9.50 Å². The number of aromatic nitrogens is 3. The number of nitrogens with zero attached hydrogens (tertiary/aromatic N) is 4. The molecule has 4 rings (SSSR count). The van der Waals surface area contributed by atoms with E-state index >= 15 is 0 Å². The SMILES string of the molecule is CN1CCC(Nc2ccc3ncc(-c4ccc(N)cc4)n3n2)CC1. The Labute approximate surface area is 141 Å². The Balaban J connectivity index is 1.62. The van der Waals surface area contributed by atoms with Crippen LogP contribution in [0.2, 0.25) is 0 Å². The molecule has 0 atom stereocenters. The fourth-order valence-electron chi connectivity index (χ4n) is 3.16. The lowest BCUT2D eigenvalue weighted by Gasteiger charge is -2.29. The summed E-state index contributed by atoms with van der Waals surface area (Å²) in [5.74, 6) is 0.895. The summed E-state index contributed by atoms with van der Waals surface area (Å²) in [4.78, 5) is 6.82. The Hall–Kier alpha value is -2.60.